The molecule has 1 amide bonds. The minimum absolute atomic E-state index is 0.0375. The number of nitrogens with zero attached hydrogens (tertiary/aromatic N) is 4. The first-order chi connectivity index (χ1) is 12.5. The number of thiazole rings is 1. The molecule has 1 aliphatic heterocycles. The Kier molecular flexibility index (Phi) is 4.34. The van der Waals surface area contributed by atoms with Crippen molar-refractivity contribution < 1.29 is 9.90 Å². The SMILES string of the molecule is Cc1nc(C(=O)N2CCn3nc(C(O)c4ccccc4)cc3C2)c(C)s1. The minimum Gasteiger partial charge on any atom is -0.382 e. The van der Waals surface area contributed by atoms with E-state index in [1.165, 1.54) is 0 Å². The fourth-order valence-electron chi connectivity index (χ4n) is 3.28. The number of aryl methyl sites for hydroxylation is 2. The molecular weight excluding hydrogens is 348 g/mol. The van der Waals surface area contributed by atoms with Crippen LogP contribution >= 0.6 is 11.3 Å². The van der Waals surface area contributed by atoms with Gasteiger partial charge >= 0.3 is 0 Å². The Morgan fingerprint density at radius 1 is 1.23 bits per heavy atom. The van der Waals surface area contributed by atoms with Crippen molar-refractivity contribution in [3.63, 3.8) is 0 Å². The number of hydrogen-bond donors (Lipinski definition) is 1. The first kappa shape index (κ1) is 16.9. The van der Waals surface area contributed by atoms with Crippen LogP contribution in [0.5, 0.6) is 0 Å². The third kappa shape index (κ3) is 3.04. The van der Waals surface area contributed by atoms with Gasteiger partial charge in [-0.1, -0.05) is 30.3 Å². The van der Waals surface area contributed by atoms with E-state index in [0.29, 0.717) is 31.0 Å². The van der Waals surface area contributed by atoms with Gasteiger partial charge in [-0.3, -0.25) is 9.48 Å². The summed E-state index contributed by atoms with van der Waals surface area (Å²) < 4.78 is 1.88. The summed E-state index contributed by atoms with van der Waals surface area (Å²) in [6, 6.07) is 11.4. The summed E-state index contributed by atoms with van der Waals surface area (Å²) in [4.78, 5) is 19.9. The maximum absolute atomic E-state index is 12.8. The van der Waals surface area contributed by atoms with Crippen LogP contribution in [0.3, 0.4) is 0 Å². The van der Waals surface area contributed by atoms with Gasteiger partial charge in [-0.15, -0.1) is 11.3 Å². The Morgan fingerprint density at radius 2 is 2.00 bits per heavy atom. The van der Waals surface area contributed by atoms with Crippen molar-refractivity contribution in [2.75, 3.05) is 6.54 Å². The standard InChI is InChI=1S/C19H20N4O2S/c1-12-17(20-13(2)26-12)19(25)22-8-9-23-15(11-22)10-16(21-23)18(24)14-6-4-3-5-7-14/h3-7,10,18,24H,8-9,11H2,1-2H3. The van der Waals surface area contributed by atoms with E-state index in [0.717, 1.165) is 21.1 Å². The molecule has 0 saturated heterocycles. The van der Waals surface area contributed by atoms with E-state index in [2.05, 4.69) is 10.1 Å². The molecule has 1 N–H and O–H groups in total. The second-order valence-corrected chi connectivity index (χ2v) is 7.87. The summed E-state index contributed by atoms with van der Waals surface area (Å²) in [5.41, 5.74) is 2.90. The molecule has 26 heavy (non-hydrogen) atoms. The fourth-order valence-corrected chi connectivity index (χ4v) is 4.09. The molecule has 1 atom stereocenters. The van der Waals surface area contributed by atoms with Gasteiger partial charge in [-0.25, -0.2) is 4.98 Å². The molecule has 6 nitrogen and oxygen atoms in total. The molecule has 4 rings (SSSR count). The second-order valence-electron chi connectivity index (χ2n) is 6.46. The Balaban J connectivity index is 1.55. The number of aromatic nitrogens is 3. The highest BCUT2D eigenvalue weighted by Crippen LogP contribution is 2.25. The first-order valence-electron chi connectivity index (χ1n) is 8.56. The molecule has 1 aliphatic rings. The Hall–Kier alpha value is -2.51. The van der Waals surface area contributed by atoms with Crippen molar-refractivity contribution in [1.29, 1.82) is 0 Å². The molecule has 3 aromatic rings. The number of carbonyl (C=O) groups excluding carboxylic acids is 1. The highest BCUT2D eigenvalue weighted by atomic mass is 32.1. The van der Waals surface area contributed by atoms with Gasteiger partial charge in [0.15, 0.2) is 0 Å². The zero-order chi connectivity index (χ0) is 18.3. The van der Waals surface area contributed by atoms with Crippen LogP contribution in [0.2, 0.25) is 0 Å². The van der Waals surface area contributed by atoms with Crippen molar-refractivity contribution in [3.8, 4) is 0 Å². The second kappa shape index (κ2) is 6.66. The van der Waals surface area contributed by atoms with E-state index in [-0.39, 0.29) is 5.91 Å². The lowest BCUT2D eigenvalue weighted by molar-refractivity contribution is 0.0699. The van der Waals surface area contributed by atoms with Crippen molar-refractivity contribution in [3.05, 3.63) is 68.9 Å². The van der Waals surface area contributed by atoms with Gasteiger partial charge in [0, 0.05) is 11.4 Å². The summed E-state index contributed by atoms with van der Waals surface area (Å²) in [6.45, 7) is 5.52. The maximum atomic E-state index is 12.8. The van der Waals surface area contributed by atoms with Crippen molar-refractivity contribution in [2.45, 2.75) is 33.0 Å². The van der Waals surface area contributed by atoms with Crippen LogP contribution in [0, 0.1) is 13.8 Å². The highest BCUT2D eigenvalue weighted by Gasteiger charge is 2.27. The third-order valence-electron chi connectivity index (χ3n) is 4.61. The lowest BCUT2D eigenvalue weighted by Gasteiger charge is -2.27. The summed E-state index contributed by atoms with van der Waals surface area (Å²) in [5, 5.41) is 16.0. The van der Waals surface area contributed by atoms with Gasteiger partial charge in [0.2, 0.25) is 0 Å². The number of aliphatic hydroxyl groups excluding tert-OH is 1. The molecule has 7 heteroatoms. The molecule has 0 saturated carbocycles. The van der Waals surface area contributed by atoms with Gasteiger partial charge in [-0.2, -0.15) is 5.10 Å². The van der Waals surface area contributed by atoms with Gasteiger partial charge in [0.1, 0.15) is 11.8 Å². The van der Waals surface area contributed by atoms with E-state index >= 15 is 0 Å². The lowest BCUT2D eigenvalue weighted by Crippen LogP contribution is -2.38. The predicted molar refractivity (Wildman–Crippen MR) is 99.1 cm³/mol. The van der Waals surface area contributed by atoms with E-state index in [9.17, 15) is 9.90 Å². The molecule has 0 fully saturated rings. The van der Waals surface area contributed by atoms with Crippen LogP contribution in [0.1, 0.15) is 43.4 Å². The normalized spacial score (nSPS) is 15.0. The number of benzene rings is 1. The minimum atomic E-state index is -0.762. The first-order valence-corrected chi connectivity index (χ1v) is 9.37. The van der Waals surface area contributed by atoms with E-state index < -0.39 is 6.10 Å². The van der Waals surface area contributed by atoms with Gasteiger partial charge in [0.05, 0.1) is 29.5 Å². The van der Waals surface area contributed by atoms with Crippen molar-refractivity contribution >= 4 is 17.2 Å². The largest absolute Gasteiger partial charge is 0.382 e. The third-order valence-corrected chi connectivity index (χ3v) is 5.49. The van der Waals surface area contributed by atoms with E-state index in [1.54, 1.807) is 16.2 Å². The monoisotopic (exact) mass is 368 g/mol. The number of amides is 1. The highest BCUT2D eigenvalue weighted by molar-refractivity contribution is 7.11. The molecule has 1 aromatic carbocycles. The number of rotatable bonds is 3. The zero-order valence-electron chi connectivity index (χ0n) is 14.7. The average molecular weight is 368 g/mol. The maximum Gasteiger partial charge on any atom is 0.274 e. The molecule has 0 aliphatic carbocycles. The van der Waals surface area contributed by atoms with Crippen molar-refractivity contribution in [1.82, 2.24) is 19.7 Å². The average Bonchev–Trinajstić information content (AvgIpc) is 3.23. The summed E-state index contributed by atoms with van der Waals surface area (Å²) in [7, 11) is 0. The Bertz CT molecular complexity index is 948. The molecule has 3 heterocycles. The molecule has 1 unspecified atom stereocenters. The van der Waals surface area contributed by atoms with Crippen LogP contribution < -0.4 is 0 Å². The van der Waals surface area contributed by atoms with Crippen LogP contribution in [-0.4, -0.2) is 37.2 Å². The van der Waals surface area contributed by atoms with E-state index in [1.807, 2.05) is 54.9 Å². The Morgan fingerprint density at radius 3 is 2.69 bits per heavy atom. The lowest BCUT2D eigenvalue weighted by atomic mass is 10.1. The zero-order valence-corrected chi connectivity index (χ0v) is 15.5. The summed E-state index contributed by atoms with van der Waals surface area (Å²) >= 11 is 1.54. The quantitative estimate of drug-likeness (QED) is 0.772. The molecule has 2 aromatic heterocycles. The number of carbonyl (C=O) groups is 1. The Labute approximate surface area is 155 Å². The van der Waals surface area contributed by atoms with Crippen LogP contribution in [0.15, 0.2) is 36.4 Å². The molecule has 0 radical (unpaired) electrons. The predicted octanol–water partition coefficient (Wildman–Crippen LogP) is 2.69. The molecule has 0 bridgehead atoms. The van der Waals surface area contributed by atoms with Crippen LogP contribution in [0.4, 0.5) is 0 Å². The smallest absolute Gasteiger partial charge is 0.274 e. The van der Waals surface area contributed by atoms with Crippen molar-refractivity contribution in [2.24, 2.45) is 0 Å². The number of fused-ring (bicyclic) bond motifs is 1. The van der Waals surface area contributed by atoms with Gasteiger partial charge in [0.25, 0.3) is 5.91 Å². The van der Waals surface area contributed by atoms with Crippen LogP contribution in [0.25, 0.3) is 0 Å². The summed E-state index contributed by atoms with van der Waals surface area (Å²) in [5.74, 6) is -0.0375. The van der Waals surface area contributed by atoms with Gasteiger partial charge < -0.3 is 10.0 Å². The number of aliphatic hydroxyl groups is 1. The number of hydrogen-bond acceptors (Lipinski definition) is 5. The molecular formula is C19H20N4O2S. The molecule has 134 valence electrons. The topological polar surface area (TPSA) is 71.2 Å². The van der Waals surface area contributed by atoms with Crippen LogP contribution in [-0.2, 0) is 13.1 Å². The fraction of sp³-hybridized carbons (Fsp3) is 0.316. The summed E-state index contributed by atoms with van der Waals surface area (Å²) in [6.07, 6.45) is -0.762. The van der Waals surface area contributed by atoms with E-state index in [4.69, 9.17) is 0 Å². The molecule has 0 spiro atoms. The van der Waals surface area contributed by atoms with Gasteiger partial charge in [-0.05, 0) is 25.5 Å².